The van der Waals surface area contributed by atoms with Gasteiger partial charge in [0.2, 0.25) is 0 Å². The summed E-state index contributed by atoms with van der Waals surface area (Å²) < 4.78 is 6.12. The van der Waals surface area contributed by atoms with Crippen LogP contribution in [0.2, 0.25) is 0 Å². The van der Waals surface area contributed by atoms with E-state index in [4.69, 9.17) is 4.74 Å². The van der Waals surface area contributed by atoms with Crippen molar-refractivity contribution in [2.45, 2.75) is 0 Å². The van der Waals surface area contributed by atoms with Gasteiger partial charge in [0.05, 0.1) is 10.2 Å². The summed E-state index contributed by atoms with van der Waals surface area (Å²) >= 11 is 1.49. The van der Waals surface area contributed by atoms with Crippen LogP contribution in [-0.4, -0.2) is 23.3 Å². The van der Waals surface area contributed by atoms with E-state index in [9.17, 15) is 9.59 Å². The van der Waals surface area contributed by atoms with Crippen molar-refractivity contribution in [2.24, 2.45) is 0 Å². The molecule has 0 radical (unpaired) electrons. The number of ether oxygens (including phenoxy) is 1. The highest BCUT2D eigenvalue weighted by Gasteiger charge is 2.09. The van der Waals surface area contributed by atoms with Gasteiger partial charge in [-0.2, -0.15) is 0 Å². The van der Waals surface area contributed by atoms with E-state index >= 15 is 0 Å². The number of hydrogen-bond donors (Lipinski definition) is 0. The van der Waals surface area contributed by atoms with Gasteiger partial charge < -0.3 is 4.74 Å². The maximum absolute atomic E-state index is 12.3. The summed E-state index contributed by atoms with van der Waals surface area (Å²) in [4.78, 5) is 28.6. The number of aromatic nitrogens is 1. The minimum Gasteiger partial charge on any atom is -0.454 e. The van der Waals surface area contributed by atoms with Gasteiger partial charge in [-0.15, -0.1) is 11.3 Å². The number of hydrogen-bond acceptors (Lipinski definition) is 5. The quantitative estimate of drug-likeness (QED) is 0.247. The summed E-state index contributed by atoms with van der Waals surface area (Å²) in [5, 5.41) is 0.714. The Balaban J connectivity index is 1.33. The molecule has 29 heavy (non-hydrogen) atoms. The molecule has 1 aromatic heterocycles. The van der Waals surface area contributed by atoms with Crippen molar-refractivity contribution in [3.63, 3.8) is 0 Å². The van der Waals surface area contributed by atoms with Crippen molar-refractivity contribution in [3.05, 3.63) is 95.5 Å². The van der Waals surface area contributed by atoms with E-state index < -0.39 is 5.97 Å². The number of thiazole rings is 1. The van der Waals surface area contributed by atoms with Crippen LogP contribution < -0.4 is 0 Å². The Bertz CT molecular complexity index is 1140. The lowest BCUT2D eigenvalue weighted by Gasteiger charge is -2.04. The molecule has 3 aromatic carbocycles. The molecule has 0 spiro atoms. The number of esters is 1. The first-order valence-corrected chi connectivity index (χ1v) is 9.90. The molecule has 0 aliphatic carbocycles. The molecule has 142 valence electrons. The van der Waals surface area contributed by atoms with Gasteiger partial charge in [0.15, 0.2) is 12.4 Å². The number of nitrogens with zero attached hydrogens (tertiary/aromatic N) is 1. The number of carbonyl (C=O) groups is 2. The minimum absolute atomic E-state index is 0.244. The van der Waals surface area contributed by atoms with Gasteiger partial charge in [-0.1, -0.05) is 66.7 Å². The molecule has 0 atom stereocenters. The van der Waals surface area contributed by atoms with E-state index in [0.717, 1.165) is 21.3 Å². The Morgan fingerprint density at radius 3 is 2.31 bits per heavy atom. The third-order valence-corrected chi connectivity index (χ3v) is 5.33. The van der Waals surface area contributed by atoms with E-state index in [1.165, 1.54) is 17.4 Å². The largest absolute Gasteiger partial charge is 0.454 e. The Hall–Kier alpha value is -3.57. The number of Topliss-reactive ketones (excluding diaryl/α,β-unsaturated/α-hetero) is 1. The zero-order chi connectivity index (χ0) is 20.1. The van der Waals surface area contributed by atoms with E-state index in [-0.39, 0.29) is 12.4 Å². The predicted octanol–water partition coefficient (Wildman–Crippen LogP) is 5.40. The first-order valence-electron chi connectivity index (χ1n) is 9.08. The summed E-state index contributed by atoms with van der Waals surface area (Å²) in [7, 11) is 0. The first-order chi connectivity index (χ1) is 14.2. The molecule has 0 fully saturated rings. The van der Waals surface area contributed by atoms with E-state index in [1.807, 2.05) is 66.7 Å². The van der Waals surface area contributed by atoms with Crippen molar-refractivity contribution in [1.29, 1.82) is 0 Å². The van der Waals surface area contributed by atoms with Crippen LogP contribution in [0.1, 0.15) is 15.4 Å². The molecule has 0 saturated carbocycles. The molecule has 0 aliphatic rings. The molecule has 4 nitrogen and oxygen atoms in total. The molecule has 0 N–H and O–H groups in total. The standard InChI is InChI=1S/C24H17NO3S/c26-21(19-12-10-18(11-13-19)17-6-2-1-3-7-17)16-28-24(27)15-14-23-25-20-8-4-5-9-22(20)29-23/h1-15H,16H2/b15-14+. The van der Waals surface area contributed by atoms with Crippen molar-refractivity contribution < 1.29 is 14.3 Å². The molecule has 5 heteroatoms. The Labute approximate surface area is 172 Å². The monoisotopic (exact) mass is 399 g/mol. The van der Waals surface area contributed by atoms with Gasteiger partial charge in [-0.3, -0.25) is 4.79 Å². The number of rotatable bonds is 6. The van der Waals surface area contributed by atoms with Crippen LogP contribution in [0.25, 0.3) is 27.4 Å². The molecule has 0 bridgehead atoms. The number of para-hydroxylation sites is 1. The Kier molecular flexibility index (Phi) is 5.59. The Morgan fingerprint density at radius 1 is 0.862 bits per heavy atom. The fraction of sp³-hybridized carbons (Fsp3) is 0.0417. The highest BCUT2D eigenvalue weighted by molar-refractivity contribution is 7.19. The lowest BCUT2D eigenvalue weighted by atomic mass is 10.0. The lowest BCUT2D eigenvalue weighted by molar-refractivity contribution is -0.136. The molecule has 0 unspecified atom stereocenters. The fourth-order valence-corrected chi connectivity index (χ4v) is 3.72. The molecule has 0 saturated heterocycles. The summed E-state index contributed by atoms with van der Waals surface area (Å²) in [6.07, 6.45) is 2.90. The van der Waals surface area contributed by atoms with Crippen molar-refractivity contribution >= 4 is 39.4 Å². The van der Waals surface area contributed by atoms with Crippen molar-refractivity contribution in [3.8, 4) is 11.1 Å². The van der Waals surface area contributed by atoms with Crippen molar-refractivity contribution in [1.82, 2.24) is 4.98 Å². The predicted molar refractivity (Wildman–Crippen MR) is 116 cm³/mol. The van der Waals surface area contributed by atoms with Crippen LogP contribution >= 0.6 is 11.3 Å². The van der Waals surface area contributed by atoms with Gasteiger partial charge in [0.25, 0.3) is 0 Å². The zero-order valence-corrected chi connectivity index (χ0v) is 16.3. The molecule has 1 heterocycles. The number of carbonyl (C=O) groups excluding carboxylic acids is 2. The first kappa shape index (κ1) is 18.8. The number of fused-ring (bicyclic) bond motifs is 1. The van der Waals surface area contributed by atoms with E-state index in [1.54, 1.807) is 18.2 Å². The van der Waals surface area contributed by atoms with Crippen LogP contribution in [-0.2, 0) is 9.53 Å². The van der Waals surface area contributed by atoms with E-state index in [0.29, 0.717) is 10.6 Å². The van der Waals surface area contributed by atoms with Gasteiger partial charge >= 0.3 is 5.97 Å². The van der Waals surface area contributed by atoms with Gasteiger partial charge in [0.1, 0.15) is 5.01 Å². The zero-order valence-electron chi connectivity index (χ0n) is 15.4. The van der Waals surface area contributed by atoms with Gasteiger partial charge in [-0.05, 0) is 29.3 Å². The topological polar surface area (TPSA) is 56.3 Å². The molecule has 4 aromatic rings. The third kappa shape index (κ3) is 4.65. The molecule has 0 amide bonds. The van der Waals surface area contributed by atoms with Crippen LogP contribution in [0.5, 0.6) is 0 Å². The average Bonchev–Trinajstić information content (AvgIpc) is 3.20. The second-order valence-electron chi connectivity index (χ2n) is 6.33. The maximum Gasteiger partial charge on any atom is 0.331 e. The summed E-state index contributed by atoms with van der Waals surface area (Å²) in [6, 6.07) is 24.9. The molecular weight excluding hydrogens is 382 g/mol. The smallest absolute Gasteiger partial charge is 0.331 e. The average molecular weight is 399 g/mol. The highest BCUT2D eigenvalue weighted by Crippen LogP contribution is 2.22. The molecular formula is C24H17NO3S. The fourth-order valence-electron chi connectivity index (χ4n) is 2.85. The van der Waals surface area contributed by atoms with Crippen LogP contribution in [0.4, 0.5) is 0 Å². The van der Waals surface area contributed by atoms with Crippen LogP contribution in [0.3, 0.4) is 0 Å². The van der Waals surface area contributed by atoms with Gasteiger partial charge in [-0.25, -0.2) is 9.78 Å². The van der Waals surface area contributed by atoms with Crippen molar-refractivity contribution in [2.75, 3.05) is 6.61 Å². The summed E-state index contributed by atoms with van der Waals surface area (Å²) in [5.74, 6) is -0.815. The molecule has 4 rings (SSSR count). The van der Waals surface area contributed by atoms with E-state index in [2.05, 4.69) is 4.98 Å². The normalized spacial score (nSPS) is 11.0. The number of benzene rings is 3. The summed E-state index contributed by atoms with van der Waals surface area (Å²) in [6.45, 7) is -0.298. The third-order valence-electron chi connectivity index (χ3n) is 4.33. The second kappa shape index (κ2) is 8.63. The summed E-state index contributed by atoms with van der Waals surface area (Å²) in [5.41, 5.74) is 3.50. The van der Waals surface area contributed by atoms with Gasteiger partial charge in [0, 0.05) is 11.6 Å². The highest BCUT2D eigenvalue weighted by atomic mass is 32.1. The van der Waals surface area contributed by atoms with Crippen LogP contribution in [0.15, 0.2) is 84.9 Å². The molecule has 0 aliphatic heterocycles. The number of ketones is 1. The minimum atomic E-state index is -0.571. The second-order valence-corrected chi connectivity index (χ2v) is 7.39. The Morgan fingerprint density at radius 2 is 1.55 bits per heavy atom. The van der Waals surface area contributed by atoms with Crippen LogP contribution in [0, 0.1) is 0 Å². The maximum atomic E-state index is 12.3. The lowest BCUT2D eigenvalue weighted by Crippen LogP contribution is -2.12. The SMILES string of the molecule is O=C(/C=C/c1nc2ccccc2s1)OCC(=O)c1ccc(-c2ccccc2)cc1.